The van der Waals surface area contributed by atoms with Crippen LogP contribution in [-0.4, -0.2) is 4.98 Å². The number of nitrogens with zero attached hydrogens (tertiary/aromatic N) is 1. The smallest absolute Gasteiger partial charge is 0.0840 e. The van der Waals surface area contributed by atoms with Gasteiger partial charge in [-0.2, -0.15) is 0 Å². The molecule has 0 atom stereocenters. The Bertz CT molecular complexity index is 1570. The van der Waals surface area contributed by atoms with Gasteiger partial charge in [-0.15, -0.1) is 0 Å². The van der Waals surface area contributed by atoms with Crippen LogP contribution in [0, 0.1) is 17.7 Å². The van der Waals surface area contributed by atoms with Gasteiger partial charge in [-0.05, 0) is 76.0 Å². The number of fused-ring (bicyclic) bond motifs is 3. The van der Waals surface area contributed by atoms with E-state index < -0.39 is 6.85 Å². The first kappa shape index (κ1) is 16.3. The molecular formula is C30H33NS. The van der Waals surface area contributed by atoms with Crippen molar-refractivity contribution in [3.63, 3.8) is 0 Å². The van der Waals surface area contributed by atoms with Crippen molar-refractivity contribution in [2.45, 2.75) is 71.0 Å². The van der Waals surface area contributed by atoms with Crippen LogP contribution in [0.1, 0.15) is 65.1 Å². The van der Waals surface area contributed by atoms with Crippen LogP contribution in [0.4, 0.5) is 0 Å². The van der Waals surface area contributed by atoms with E-state index in [9.17, 15) is 0 Å². The van der Waals surface area contributed by atoms with Crippen molar-refractivity contribution in [2.24, 2.45) is 10.8 Å². The van der Waals surface area contributed by atoms with E-state index in [1.807, 2.05) is 12.1 Å². The Balaban J connectivity index is 1.87. The van der Waals surface area contributed by atoms with Crippen molar-refractivity contribution < 1.29 is 6.85 Å². The van der Waals surface area contributed by atoms with E-state index in [-0.39, 0.29) is 23.0 Å². The molecule has 0 aliphatic carbocycles. The SMILES string of the molecule is [2H]c1nc2c3c(cc(CC(C)(C)C)cc3c1[2H])Sc1c-2cc2cc(C([2H])([2H])[2H])ccc2c1CC(C)(C)C. The first-order valence-electron chi connectivity index (χ1n) is 13.7. The Labute approximate surface area is 203 Å². The topological polar surface area (TPSA) is 12.9 Å². The highest BCUT2D eigenvalue weighted by molar-refractivity contribution is 7.99. The summed E-state index contributed by atoms with van der Waals surface area (Å²) in [7, 11) is 0. The molecule has 5 rings (SSSR count). The predicted molar refractivity (Wildman–Crippen MR) is 140 cm³/mol. The van der Waals surface area contributed by atoms with E-state index in [0.29, 0.717) is 5.56 Å². The zero-order valence-electron chi connectivity index (χ0n) is 24.7. The van der Waals surface area contributed by atoms with Crippen LogP contribution in [0.15, 0.2) is 58.4 Å². The van der Waals surface area contributed by atoms with Gasteiger partial charge < -0.3 is 0 Å². The third kappa shape index (κ3) is 3.94. The van der Waals surface area contributed by atoms with Gasteiger partial charge in [0.2, 0.25) is 0 Å². The highest BCUT2D eigenvalue weighted by Crippen LogP contribution is 2.51. The third-order valence-corrected chi connectivity index (χ3v) is 7.07. The number of aryl methyl sites for hydroxylation is 1. The summed E-state index contributed by atoms with van der Waals surface area (Å²) in [5.41, 5.74) is 4.41. The van der Waals surface area contributed by atoms with E-state index >= 15 is 0 Å². The van der Waals surface area contributed by atoms with Crippen LogP contribution in [0.25, 0.3) is 32.8 Å². The zero-order chi connectivity index (χ0) is 27.1. The van der Waals surface area contributed by atoms with Gasteiger partial charge in [0, 0.05) is 31.0 Å². The lowest BCUT2D eigenvalue weighted by molar-refractivity contribution is 0.410. The molecule has 0 spiro atoms. The van der Waals surface area contributed by atoms with Crippen molar-refractivity contribution in [2.75, 3.05) is 0 Å². The predicted octanol–water partition coefficient (Wildman–Crippen LogP) is 9.01. The Morgan fingerprint density at radius 3 is 2.44 bits per heavy atom. The third-order valence-electron chi connectivity index (χ3n) is 5.86. The summed E-state index contributed by atoms with van der Waals surface area (Å²) in [5, 5.41) is 3.61. The van der Waals surface area contributed by atoms with Gasteiger partial charge in [0.05, 0.1) is 8.44 Å². The molecule has 1 aliphatic rings. The molecule has 0 amide bonds. The second kappa shape index (κ2) is 7.35. The van der Waals surface area contributed by atoms with Crippen LogP contribution >= 0.6 is 11.8 Å². The van der Waals surface area contributed by atoms with Crippen molar-refractivity contribution >= 4 is 33.3 Å². The number of benzene rings is 3. The fourth-order valence-electron chi connectivity index (χ4n) is 4.78. The summed E-state index contributed by atoms with van der Waals surface area (Å²) in [6, 6.07) is 11.9. The monoisotopic (exact) mass is 444 g/mol. The zero-order valence-corrected chi connectivity index (χ0v) is 20.6. The Morgan fingerprint density at radius 2 is 1.72 bits per heavy atom. The van der Waals surface area contributed by atoms with Gasteiger partial charge >= 0.3 is 0 Å². The maximum Gasteiger partial charge on any atom is 0.0840 e. The van der Waals surface area contributed by atoms with Gasteiger partial charge in [-0.25, -0.2) is 0 Å². The molecule has 2 heteroatoms. The summed E-state index contributed by atoms with van der Waals surface area (Å²) in [4.78, 5) is 6.85. The normalized spacial score (nSPS) is 16.2. The minimum atomic E-state index is -2.19. The van der Waals surface area contributed by atoms with Gasteiger partial charge in [0.15, 0.2) is 0 Å². The van der Waals surface area contributed by atoms with Crippen molar-refractivity contribution in [1.82, 2.24) is 4.98 Å². The summed E-state index contributed by atoms with van der Waals surface area (Å²) in [6.45, 7) is 11.1. The highest BCUT2D eigenvalue weighted by atomic mass is 32.2. The summed E-state index contributed by atoms with van der Waals surface area (Å²) >= 11 is 1.73. The van der Waals surface area contributed by atoms with Gasteiger partial charge in [0.1, 0.15) is 0 Å². The second-order valence-corrected chi connectivity index (χ2v) is 12.5. The maximum atomic E-state index is 8.66. The van der Waals surface area contributed by atoms with E-state index in [4.69, 9.17) is 6.85 Å². The molecule has 0 fully saturated rings. The number of pyridine rings is 1. The van der Waals surface area contributed by atoms with E-state index in [2.05, 4.69) is 58.7 Å². The minimum absolute atomic E-state index is 0.00798. The van der Waals surface area contributed by atoms with E-state index in [0.717, 1.165) is 61.0 Å². The average molecular weight is 445 g/mol. The van der Waals surface area contributed by atoms with Gasteiger partial charge in [0.25, 0.3) is 0 Å². The standard InChI is InChI=1S/C30H33NS/c1-18-8-9-22-21(12-18)15-23-27-26-20(10-11-31-27)13-19(16-29(2,3)4)14-25(26)32-28(23)24(22)17-30(5,6)7/h8-15H,16-17H2,1-7H3/i1D3,10D,11D. The number of hydrogen-bond acceptors (Lipinski definition) is 2. The van der Waals surface area contributed by atoms with Crippen LogP contribution in [0.3, 0.4) is 0 Å². The second-order valence-electron chi connectivity index (χ2n) is 11.5. The minimum Gasteiger partial charge on any atom is -0.256 e. The van der Waals surface area contributed by atoms with Crippen molar-refractivity contribution in [1.29, 1.82) is 0 Å². The summed E-state index contributed by atoms with van der Waals surface area (Å²) < 4.78 is 41.0. The molecule has 0 saturated carbocycles. The van der Waals surface area contributed by atoms with Crippen molar-refractivity contribution in [3.05, 3.63) is 65.3 Å². The van der Waals surface area contributed by atoms with Crippen molar-refractivity contribution in [3.8, 4) is 11.3 Å². The Kier molecular flexibility index (Phi) is 3.75. The van der Waals surface area contributed by atoms with Gasteiger partial charge in [-0.1, -0.05) is 83.1 Å². The number of aromatic nitrogens is 1. The first-order chi connectivity index (χ1) is 17.0. The quantitative estimate of drug-likeness (QED) is 0.269. The molecule has 1 aliphatic heterocycles. The van der Waals surface area contributed by atoms with Crippen LogP contribution in [-0.2, 0) is 12.8 Å². The lowest BCUT2D eigenvalue weighted by atomic mass is 9.84. The highest BCUT2D eigenvalue weighted by Gasteiger charge is 2.27. The number of rotatable bonds is 2. The van der Waals surface area contributed by atoms with Gasteiger partial charge in [-0.3, -0.25) is 4.98 Å². The molecule has 0 saturated heterocycles. The fraction of sp³-hybridized carbons (Fsp3) is 0.367. The van der Waals surface area contributed by atoms with Crippen LogP contribution < -0.4 is 0 Å². The van der Waals surface area contributed by atoms with E-state index in [1.165, 1.54) is 5.56 Å². The molecule has 2 heterocycles. The molecule has 1 nitrogen and oxygen atoms in total. The molecule has 3 aromatic carbocycles. The lowest BCUT2D eigenvalue weighted by Crippen LogP contribution is -2.12. The molecule has 32 heavy (non-hydrogen) atoms. The number of hydrogen-bond donors (Lipinski definition) is 0. The molecule has 4 aromatic rings. The maximum absolute atomic E-state index is 8.66. The Morgan fingerprint density at radius 1 is 0.938 bits per heavy atom. The molecule has 0 N–H and O–H groups in total. The molecular weight excluding hydrogens is 406 g/mol. The fourth-order valence-corrected chi connectivity index (χ4v) is 6.09. The summed E-state index contributed by atoms with van der Waals surface area (Å²) in [5.74, 6) is 0. The largest absolute Gasteiger partial charge is 0.256 e. The van der Waals surface area contributed by atoms with E-state index in [1.54, 1.807) is 23.9 Å². The molecule has 1 aromatic heterocycles. The summed E-state index contributed by atoms with van der Waals surface area (Å²) in [6.07, 6.45) is 1.66. The molecule has 0 radical (unpaired) electrons. The molecule has 164 valence electrons. The first-order valence-corrected chi connectivity index (χ1v) is 12.1. The Hall–Kier alpha value is -2.32. The van der Waals surface area contributed by atoms with Crippen LogP contribution in [0.5, 0.6) is 0 Å². The van der Waals surface area contributed by atoms with Crippen LogP contribution in [0.2, 0.25) is 0 Å². The average Bonchev–Trinajstić information content (AvgIpc) is 2.74. The molecule has 0 bridgehead atoms. The molecule has 0 unspecified atom stereocenters. The lowest BCUT2D eigenvalue weighted by Gasteiger charge is -2.28.